The van der Waals surface area contributed by atoms with Crippen molar-refractivity contribution in [2.75, 3.05) is 44.3 Å². The number of nitrogens with zero attached hydrogens (tertiary/aromatic N) is 2. The Morgan fingerprint density at radius 2 is 1.81 bits per heavy atom. The monoisotopic (exact) mass is 448 g/mol. The summed E-state index contributed by atoms with van der Waals surface area (Å²) in [5, 5.41) is 9.22. The van der Waals surface area contributed by atoms with Crippen LogP contribution < -0.4 is 4.90 Å². The number of halogens is 2. The molecule has 1 fully saturated rings. The minimum absolute atomic E-state index is 0. The molecule has 31 heavy (non-hydrogen) atoms. The number of carboxylic acids is 1. The van der Waals surface area contributed by atoms with Crippen LogP contribution in [-0.2, 0) is 22.4 Å². The van der Waals surface area contributed by atoms with Crippen LogP contribution in [0.4, 0.5) is 15.8 Å². The van der Waals surface area contributed by atoms with Crippen molar-refractivity contribution >= 4 is 29.8 Å². The zero-order valence-corrected chi connectivity index (χ0v) is 18.5. The van der Waals surface area contributed by atoms with E-state index >= 15 is 0 Å². The molecule has 4 rings (SSSR count). The molecule has 7 heteroatoms. The summed E-state index contributed by atoms with van der Waals surface area (Å²) in [5.41, 5.74) is 4.46. The number of hydrogen-bond acceptors (Lipinski definition) is 4. The van der Waals surface area contributed by atoms with Crippen LogP contribution in [0.25, 0.3) is 0 Å². The SMILES string of the molecule is Cl.O=C(O)[C@@H]1CCCN(CCOCCN2c3ccccc3CCc3ccc(F)cc32)C1. The lowest BCUT2D eigenvalue weighted by Gasteiger charge is -2.30. The van der Waals surface area contributed by atoms with E-state index in [2.05, 4.69) is 21.9 Å². The van der Waals surface area contributed by atoms with Gasteiger partial charge in [-0.3, -0.25) is 4.79 Å². The number of anilines is 2. The molecule has 1 saturated heterocycles. The van der Waals surface area contributed by atoms with Crippen LogP contribution in [0.15, 0.2) is 42.5 Å². The van der Waals surface area contributed by atoms with Gasteiger partial charge in [0, 0.05) is 31.0 Å². The van der Waals surface area contributed by atoms with Crippen molar-refractivity contribution in [1.29, 1.82) is 0 Å². The number of hydrogen-bond donors (Lipinski definition) is 1. The number of carbonyl (C=O) groups is 1. The first-order valence-corrected chi connectivity index (χ1v) is 10.8. The van der Waals surface area contributed by atoms with Gasteiger partial charge in [0.2, 0.25) is 0 Å². The molecule has 2 heterocycles. The van der Waals surface area contributed by atoms with Crippen LogP contribution >= 0.6 is 12.4 Å². The van der Waals surface area contributed by atoms with E-state index in [4.69, 9.17) is 4.74 Å². The number of aliphatic carboxylic acids is 1. The number of para-hydroxylation sites is 1. The zero-order chi connectivity index (χ0) is 20.9. The Kier molecular flexibility index (Phi) is 8.29. The maximum absolute atomic E-state index is 14.0. The third-order valence-corrected chi connectivity index (χ3v) is 6.15. The number of ether oxygens (including phenoxy) is 1. The highest BCUT2D eigenvalue weighted by molar-refractivity contribution is 5.85. The lowest BCUT2D eigenvalue weighted by Crippen LogP contribution is -2.40. The summed E-state index contributed by atoms with van der Waals surface area (Å²) in [6, 6.07) is 13.3. The average Bonchev–Trinajstić information content (AvgIpc) is 2.90. The highest BCUT2D eigenvalue weighted by atomic mass is 35.5. The first-order valence-electron chi connectivity index (χ1n) is 10.8. The van der Waals surface area contributed by atoms with Crippen molar-refractivity contribution in [2.24, 2.45) is 5.92 Å². The fourth-order valence-corrected chi connectivity index (χ4v) is 4.54. The van der Waals surface area contributed by atoms with Crippen molar-refractivity contribution in [2.45, 2.75) is 25.7 Å². The largest absolute Gasteiger partial charge is 0.481 e. The van der Waals surface area contributed by atoms with Crippen LogP contribution in [0.5, 0.6) is 0 Å². The molecule has 2 aliphatic rings. The molecule has 0 aliphatic carbocycles. The minimum Gasteiger partial charge on any atom is -0.481 e. The van der Waals surface area contributed by atoms with Gasteiger partial charge < -0.3 is 19.6 Å². The summed E-state index contributed by atoms with van der Waals surface area (Å²) in [6.07, 6.45) is 3.51. The molecule has 1 atom stereocenters. The second-order valence-corrected chi connectivity index (χ2v) is 8.14. The van der Waals surface area contributed by atoms with Gasteiger partial charge in [0.05, 0.1) is 19.1 Å². The Morgan fingerprint density at radius 1 is 1.06 bits per heavy atom. The van der Waals surface area contributed by atoms with E-state index in [1.54, 1.807) is 6.07 Å². The number of benzene rings is 2. The Hall–Kier alpha value is -2.15. The zero-order valence-electron chi connectivity index (χ0n) is 17.6. The summed E-state index contributed by atoms with van der Waals surface area (Å²) in [4.78, 5) is 15.6. The number of piperidine rings is 1. The van der Waals surface area contributed by atoms with Gasteiger partial charge in [-0.2, -0.15) is 0 Å². The maximum Gasteiger partial charge on any atom is 0.307 e. The number of carboxylic acid groups (broad SMARTS) is 1. The van der Waals surface area contributed by atoms with Gasteiger partial charge in [0.15, 0.2) is 0 Å². The van der Waals surface area contributed by atoms with Gasteiger partial charge in [0.25, 0.3) is 0 Å². The molecular weight excluding hydrogens is 419 g/mol. The van der Waals surface area contributed by atoms with E-state index in [1.807, 2.05) is 18.2 Å². The fraction of sp³-hybridized carbons (Fsp3) is 0.458. The summed E-state index contributed by atoms with van der Waals surface area (Å²) >= 11 is 0. The van der Waals surface area contributed by atoms with Crippen LogP contribution in [0.1, 0.15) is 24.0 Å². The molecule has 168 valence electrons. The summed E-state index contributed by atoms with van der Waals surface area (Å²) in [7, 11) is 0. The second-order valence-electron chi connectivity index (χ2n) is 8.14. The molecule has 2 aromatic carbocycles. The summed E-state index contributed by atoms with van der Waals surface area (Å²) in [5.74, 6) is -1.19. The predicted octanol–water partition coefficient (Wildman–Crippen LogP) is 4.30. The molecule has 2 aliphatic heterocycles. The maximum atomic E-state index is 14.0. The molecule has 0 aromatic heterocycles. The Balaban J connectivity index is 0.00000272. The Morgan fingerprint density at radius 3 is 2.61 bits per heavy atom. The van der Waals surface area contributed by atoms with Crippen LogP contribution in [0, 0.1) is 11.7 Å². The second kappa shape index (κ2) is 10.9. The molecule has 1 N–H and O–H groups in total. The number of fused-ring (bicyclic) bond motifs is 2. The summed E-state index contributed by atoms with van der Waals surface area (Å²) < 4.78 is 19.9. The molecule has 0 unspecified atom stereocenters. The smallest absolute Gasteiger partial charge is 0.307 e. The van der Waals surface area contributed by atoms with Gasteiger partial charge >= 0.3 is 5.97 Å². The molecule has 0 saturated carbocycles. The number of rotatable bonds is 7. The quantitative estimate of drug-likeness (QED) is 0.640. The number of aryl methyl sites for hydroxylation is 2. The number of likely N-dealkylation sites (tertiary alicyclic amines) is 1. The molecule has 0 bridgehead atoms. The van der Waals surface area contributed by atoms with E-state index in [0.29, 0.717) is 26.3 Å². The van der Waals surface area contributed by atoms with Crippen molar-refractivity contribution < 1.29 is 19.0 Å². The Bertz CT molecular complexity index is 895. The van der Waals surface area contributed by atoms with Crippen molar-refractivity contribution in [3.05, 3.63) is 59.4 Å². The van der Waals surface area contributed by atoms with E-state index in [-0.39, 0.29) is 24.1 Å². The van der Waals surface area contributed by atoms with Crippen LogP contribution in [-0.4, -0.2) is 55.4 Å². The third-order valence-electron chi connectivity index (χ3n) is 6.15. The Labute approximate surface area is 189 Å². The fourth-order valence-electron chi connectivity index (χ4n) is 4.54. The van der Waals surface area contributed by atoms with Crippen LogP contribution in [0.2, 0.25) is 0 Å². The van der Waals surface area contributed by atoms with Gasteiger partial charge in [0.1, 0.15) is 5.82 Å². The average molecular weight is 449 g/mol. The van der Waals surface area contributed by atoms with E-state index < -0.39 is 5.97 Å². The van der Waals surface area contributed by atoms with Crippen LogP contribution in [0.3, 0.4) is 0 Å². The highest BCUT2D eigenvalue weighted by Crippen LogP contribution is 2.36. The molecule has 0 radical (unpaired) electrons. The molecule has 0 amide bonds. The standard InChI is InChI=1S/C24H29FN2O3.ClH/c25-21-10-9-19-8-7-18-4-1-2-6-22(18)27(23(19)16-21)13-15-30-14-12-26-11-3-5-20(17-26)24(28)29;/h1-2,4,6,9-10,16,20H,3,5,7-8,11-15,17H2,(H,28,29);1H/t20-;/m1./s1. The molecule has 0 spiro atoms. The topological polar surface area (TPSA) is 53.0 Å². The molecule has 5 nitrogen and oxygen atoms in total. The highest BCUT2D eigenvalue weighted by Gasteiger charge is 2.25. The van der Waals surface area contributed by atoms with Gasteiger partial charge in [-0.25, -0.2) is 4.39 Å². The molecule has 2 aromatic rings. The third kappa shape index (κ3) is 5.76. The van der Waals surface area contributed by atoms with Gasteiger partial charge in [-0.15, -0.1) is 12.4 Å². The minimum atomic E-state index is -0.702. The van der Waals surface area contributed by atoms with E-state index in [9.17, 15) is 14.3 Å². The van der Waals surface area contributed by atoms with Crippen molar-refractivity contribution in [3.63, 3.8) is 0 Å². The van der Waals surface area contributed by atoms with E-state index in [1.165, 1.54) is 11.6 Å². The summed E-state index contributed by atoms with van der Waals surface area (Å²) in [6.45, 7) is 4.01. The van der Waals surface area contributed by atoms with Gasteiger partial charge in [-0.1, -0.05) is 24.3 Å². The lowest BCUT2D eigenvalue weighted by atomic mass is 9.98. The predicted molar refractivity (Wildman–Crippen MR) is 122 cm³/mol. The molecular formula is C24H30ClFN2O3. The first kappa shape index (κ1) is 23.5. The van der Waals surface area contributed by atoms with E-state index in [0.717, 1.165) is 55.7 Å². The van der Waals surface area contributed by atoms with Crippen molar-refractivity contribution in [3.8, 4) is 0 Å². The first-order chi connectivity index (χ1) is 14.6. The van der Waals surface area contributed by atoms with Crippen molar-refractivity contribution in [1.82, 2.24) is 4.90 Å². The lowest BCUT2D eigenvalue weighted by molar-refractivity contribution is -0.143. The normalized spacial score (nSPS) is 18.5. The van der Waals surface area contributed by atoms with Gasteiger partial charge in [-0.05, 0) is 61.6 Å².